The van der Waals surface area contributed by atoms with Gasteiger partial charge in [0.05, 0.1) is 11.7 Å². The van der Waals surface area contributed by atoms with Crippen molar-refractivity contribution in [2.45, 2.75) is 31.8 Å². The molecule has 1 aromatic rings. The monoisotopic (exact) mass is 339 g/mol. The molecule has 1 spiro atoms. The minimum Gasteiger partial charge on any atom is -0.477 e. The topological polar surface area (TPSA) is 95.9 Å². The van der Waals surface area contributed by atoms with Crippen LogP contribution in [0.15, 0.2) is 11.4 Å². The van der Waals surface area contributed by atoms with Gasteiger partial charge in [0, 0.05) is 36.5 Å². The van der Waals surface area contributed by atoms with Gasteiger partial charge in [0.25, 0.3) is 5.91 Å². The number of hydrogen-bond donors (Lipinski definition) is 3. The molecule has 23 heavy (non-hydrogen) atoms. The Bertz CT molecular complexity index is 593. The number of ether oxygens (including phenoxy) is 1. The Kier molecular flexibility index (Phi) is 4.70. The van der Waals surface area contributed by atoms with Gasteiger partial charge in [0.2, 0.25) is 0 Å². The number of aromatic carboxylic acids is 1. The van der Waals surface area contributed by atoms with E-state index in [1.165, 1.54) is 6.07 Å². The van der Waals surface area contributed by atoms with Crippen molar-refractivity contribution < 1.29 is 24.5 Å². The van der Waals surface area contributed by atoms with Crippen LogP contribution in [0.25, 0.3) is 0 Å². The Labute approximate surface area is 138 Å². The first-order chi connectivity index (χ1) is 11.0. The summed E-state index contributed by atoms with van der Waals surface area (Å²) < 4.78 is 5.39. The first-order valence-electron chi connectivity index (χ1n) is 7.88. The van der Waals surface area contributed by atoms with Crippen molar-refractivity contribution in [3.63, 3.8) is 0 Å². The zero-order valence-electron chi connectivity index (χ0n) is 12.8. The van der Waals surface area contributed by atoms with Gasteiger partial charge in [-0.15, -0.1) is 11.3 Å². The fourth-order valence-corrected chi connectivity index (χ4v) is 4.43. The molecular formula is C16H21NO5S. The van der Waals surface area contributed by atoms with E-state index in [1.54, 1.807) is 5.38 Å². The number of carbonyl (C=O) groups is 2. The lowest BCUT2D eigenvalue weighted by molar-refractivity contribution is -0.0555. The Hall–Kier alpha value is -1.44. The summed E-state index contributed by atoms with van der Waals surface area (Å²) in [6.45, 7) is 1.81. The van der Waals surface area contributed by atoms with Crippen LogP contribution < -0.4 is 5.32 Å². The third kappa shape index (κ3) is 3.27. The molecule has 1 aliphatic heterocycles. The van der Waals surface area contributed by atoms with Crippen LogP contribution in [0.3, 0.4) is 0 Å². The third-order valence-corrected chi connectivity index (χ3v) is 6.09. The molecule has 1 aromatic heterocycles. The average molecular weight is 339 g/mol. The SMILES string of the molecule is O=C(NC[C@@H]1CCC2(CCOCC2)[C@@H]1O)c1csc(C(=O)O)c1. The molecule has 2 fully saturated rings. The summed E-state index contributed by atoms with van der Waals surface area (Å²) in [6.07, 6.45) is 3.21. The Morgan fingerprint density at radius 3 is 2.74 bits per heavy atom. The number of amides is 1. The van der Waals surface area contributed by atoms with Crippen LogP contribution in [0, 0.1) is 11.3 Å². The largest absolute Gasteiger partial charge is 0.477 e. The third-order valence-electron chi connectivity index (χ3n) is 5.17. The second-order valence-corrected chi connectivity index (χ2v) is 7.34. The van der Waals surface area contributed by atoms with Gasteiger partial charge < -0.3 is 20.3 Å². The summed E-state index contributed by atoms with van der Waals surface area (Å²) >= 11 is 1.04. The molecule has 2 heterocycles. The maximum absolute atomic E-state index is 12.1. The number of carbonyl (C=O) groups excluding carboxylic acids is 1. The number of hydrogen-bond acceptors (Lipinski definition) is 5. The maximum atomic E-state index is 12.1. The van der Waals surface area contributed by atoms with Crippen molar-refractivity contribution in [3.8, 4) is 0 Å². The number of aliphatic hydroxyl groups is 1. The van der Waals surface area contributed by atoms with Crippen LogP contribution in [0.4, 0.5) is 0 Å². The standard InChI is InChI=1S/C16H21NO5S/c18-13-10(1-2-16(13)3-5-22-6-4-16)8-17-14(19)11-7-12(15(20)21)23-9-11/h7,9-10,13,18H,1-6,8H2,(H,17,19)(H,20,21)/t10-,13+/m0/s1. The normalized spacial score (nSPS) is 26.3. The number of rotatable bonds is 4. The Balaban J connectivity index is 1.55. The predicted octanol–water partition coefficient (Wildman–Crippen LogP) is 1.74. The van der Waals surface area contributed by atoms with Gasteiger partial charge in [-0.05, 0) is 31.7 Å². The smallest absolute Gasteiger partial charge is 0.345 e. The molecule has 3 N–H and O–H groups in total. The van der Waals surface area contributed by atoms with Gasteiger partial charge in [0.15, 0.2) is 0 Å². The fourth-order valence-electron chi connectivity index (χ4n) is 3.71. The van der Waals surface area contributed by atoms with Crippen molar-refractivity contribution in [2.75, 3.05) is 19.8 Å². The first-order valence-corrected chi connectivity index (χ1v) is 8.76. The highest BCUT2D eigenvalue weighted by Crippen LogP contribution is 2.48. The summed E-state index contributed by atoms with van der Waals surface area (Å²) in [5, 5.41) is 23.9. The number of carboxylic acids is 1. The van der Waals surface area contributed by atoms with Gasteiger partial charge in [-0.2, -0.15) is 0 Å². The van der Waals surface area contributed by atoms with E-state index in [0.29, 0.717) is 25.3 Å². The van der Waals surface area contributed by atoms with Crippen LogP contribution >= 0.6 is 11.3 Å². The lowest BCUT2D eigenvalue weighted by Crippen LogP contribution is -2.41. The minimum atomic E-state index is -1.03. The van der Waals surface area contributed by atoms with Gasteiger partial charge in [0.1, 0.15) is 4.88 Å². The van der Waals surface area contributed by atoms with Gasteiger partial charge in [-0.25, -0.2) is 4.79 Å². The second kappa shape index (κ2) is 6.59. The zero-order chi connectivity index (χ0) is 16.4. The minimum absolute atomic E-state index is 0.0491. The number of nitrogens with one attached hydrogen (secondary N) is 1. The predicted molar refractivity (Wildman–Crippen MR) is 84.8 cm³/mol. The number of carboxylic acid groups (broad SMARTS) is 1. The summed E-state index contributed by atoms with van der Waals surface area (Å²) in [5.74, 6) is -1.26. The fraction of sp³-hybridized carbons (Fsp3) is 0.625. The number of aliphatic hydroxyl groups excluding tert-OH is 1. The molecule has 6 nitrogen and oxygen atoms in total. The quantitative estimate of drug-likeness (QED) is 0.776. The second-order valence-electron chi connectivity index (χ2n) is 6.43. The van der Waals surface area contributed by atoms with E-state index in [9.17, 15) is 14.7 Å². The molecule has 1 saturated heterocycles. The Morgan fingerprint density at radius 2 is 2.09 bits per heavy atom. The molecule has 1 saturated carbocycles. The van der Waals surface area contributed by atoms with Crippen LogP contribution in [-0.4, -0.2) is 48.0 Å². The summed E-state index contributed by atoms with van der Waals surface area (Å²) in [6, 6.07) is 1.38. The molecule has 126 valence electrons. The first kappa shape index (κ1) is 16.4. The van der Waals surface area contributed by atoms with Crippen LogP contribution in [-0.2, 0) is 4.74 Å². The molecule has 3 rings (SSSR count). The zero-order valence-corrected chi connectivity index (χ0v) is 13.6. The van der Waals surface area contributed by atoms with Crippen LogP contribution in [0.5, 0.6) is 0 Å². The van der Waals surface area contributed by atoms with Crippen LogP contribution in [0.1, 0.15) is 45.7 Å². The molecule has 0 bridgehead atoms. The molecule has 0 radical (unpaired) electrons. The maximum Gasteiger partial charge on any atom is 0.345 e. The highest BCUT2D eigenvalue weighted by Gasteiger charge is 2.48. The van der Waals surface area contributed by atoms with E-state index < -0.39 is 12.1 Å². The summed E-state index contributed by atoms with van der Waals surface area (Å²) in [4.78, 5) is 23.1. The van der Waals surface area contributed by atoms with Gasteiger partial charge in [-0.3, -0.25) is 4.79 Å². The van der Waals surface area contributed by atoms with Crippen LogP contribution in [0.2, 0.25) is 0 Å². The molecule has 2 atom stereocenters. The van der Waals surface area contributed by atoms with E-state index in [-0.39, 0.29) is 22.1 Å². The lowest BCUT2D eigenvalue weighted by Gasteiger charge is -2.37. The molecule has 0 unspecified atom stereocenters. The van der Waals surface area contributed by atoms with E-state index in [2.05, 4.69) is 5.32 Å². The summed E-state index contributed by atoms with van der Waals surface area (Å²) in [5.41, 5.74) is 0.313. The highest BCUT2D eigenvalue weighted by atomic mass is 32.1. The van der Waals surface area contributed by atoms with Gasteiger partial charge >= 0.3 is 5.97 Å². The van der Waals surface area contributed by atoms with Crippen molar-refractivity contribution in [1.29, 1.82) is 0 Å². The van der Waals surface area contributed by atoms with Crippen molar-refractivity contribution in [3.05, 3.63) is 21.9 Å². The van der Waals surface area contributed by atoms with E-state index in [1.807, 2.05) is 0 Å². The van der Waals surface area contributed by atoms with Crippen molar-refractivity contribution in [1.82, 2.24) is 5.32 Å². The average Bonchev–Trinajstić information content (AvgIpc) is 3.14. The molecule has 2 aliphatic rings. The Morgan fingerprint density at radius 1 is 1.35 bits per heavy atom. The lowest BCUT2D eigenvalue weighted by atomic mass is 9.76. The molecule has 7 heteroatoms. The summed E-state index contributed by atoms with van der Waals surface area (Å²) in [7, 11) is 0. The molecular weight excluding hydrogens is 318 g/mol. The van der Waals surface area contributed by atoms with Gasteiger partial charge in [-0.1, -0.05) is 0 Å². The number of thiophene rings is 1. The highest BCUT2D eigenvalue weighted by molar-refractivity contribution is 7.12. The van der Waals surface area contributed by atoms with Crippen molar-refractivity contribution in [2.24, 2.45) is 11.3 Å². The molecule has 1 aliphatic carbocycles. The molecule has 0 aromatic carbocycles. The van der Waals surface area contributed by atoms with E-state index >= 15 is 0 Å². The van der Waals surface area contributed by atoms with Crippen molar-refractivity contribution >= 4 is 23.2 Å². The van der Waals surface area contributed by atoms with E-state index in [0.717, 1.165) is 37.0 Å². The van der Waals surface area contributed by atoms with E-state index in [4.69, 9.17) is 9.84 Å². The molecule has 1 amide bonds.